The van der Waals surface area contributed by atoms with E-state index in [2.05, 4.69) is 72.0 Å². The normalized spacial score (nSPS) is 12.3. The fourth-order valence-electron chi connectivity index (χ4n) is 2.51. The second-order valence-corrected chi connectivity index (χ2v) is 8.22. The minimum Gasteiger partial charge on any atom is -0.355 e. The largest absolute Gasteiger partial charge is 0.355 e. The Morgan fingerprint density at radius 2 is 1.96 bits per heavy atom. The van der Waals surface area contributed by atoms with Crippen molar-refractivity contribution < 1.29 is 0 Å². The number of thioether (sulfide) groups is 1. The van der Waals surface area contributed by atoms with Crippen LogP contribution in [0.4, 0.5) is 0 Å². The molecule has 1 heterocycles. The molecule has 0 saturated carbocycles. The van der Waals surface area contributed by atoms with Crippen molar-refractivity contribution in [2.45, 2.75) is 39.0 Å². The average molecular weight is 360 g/mol. The molecule has 0 amide bonds. The molecule has 0 radical (unpaired) electrons. The number of benzene rings is 1. The zero-order chi connectivity index (χ0) is 18.4. The molecular formula is C19H29N5S. The molecule has 0 saturated heterocycles. The van der Waals surface area contributed by atoms with Crippen LogP contribution in [-0.2, 0) is 6.54 Å². The van der Waals surface area contributed by atoms with Gasteiger partial charge in [-0.1, -0.05) is 18.2 Å². The summed E-state index contributed by atoms with van der Waals surface area (Å²) < 4.78 is 2.17. The smallest absolute Gasteiger partial charge is 0.191 e. The van der Waals surface area contributed by atoms with E-state index < -0.39 is 0 Å². The van der Waals surface area contributed by atoms with E-state index in [-0.39, 0.29) is 4.75 Å². The molecule has 0 aliphatic heterocycles. The maximum Gasteiger partial charge on any atom is 0.191 e. The van der Waals surface area contributed by atoms with Crippen LogP contribution in [0.2, 0.25) is 0 Å². The summed E-state index contributed by atoms with van der Waals surface area (Å²) in [6, 6.07) is 10.4. The highest BCUT2D eigenvalue weighted by molar-refractivity contribution is 7.99. The van der Waals surface area contributed by atoms with Crippen LogP contribution >= 0.6 is 11.8 Å². The number of hydrogen-bond acceptors (Lipinski definition) is 3. The SMILES string of the molecule is CN=C(NCc1ccccc1-n1nc(C)cc1C)NCC(C)(C)SC. The van der Waals surface area contributed by atoms with Crippen molar-refractivity contribution in [3.05, 3.63) is 47.3 Å². The van der Waals surface area contributed by atoms with Crippen LogP contribution in [0, 0.1) is 13.8 Å². The number of nitrogens with zero attached hydrogens (tertiary/aromatic N) is 3. The number of aliphatic imine (C=N–C) groups is 1. The maximum absolute atomic E-state index is 4.61. The third-order valence-electron chi connectivity index (χ3n) is 4.13. The maximum atomic E-state index is 4.61. The van der Waals surface area contributed by atoms with Gasteiger partial charge in [-0.2, -0.15) is 16.9 Å². The topological polar surface area (TPSA) is 54.2 Å². The van der Waals surface area contributed by atoms with Crippen LogP contribution in [-0.4, -0.2) is 40.3 Å². The van der Waals surface area contributed by atoms with Crippen LogP contribution in [0.25, 0.3) is 5.69 Å². The van der Waals surface area contributed by atoms with Crippen molar-refractivity contribution in [2.75, 3.05) is 19.8 Å². The first-order valence-electron chi connectivity index (χ1n) is 8.47. The quantitative estimate of drug-likeness (QED) is 0.614. The Hall–Kier alpha value is -1.95. The molecule has 25 heavy (non-hydrogen) atoms. The van der Waals surface area contributed by atoms with Gasteiger partial charge in [0.2, 0.25) is 0 Å². The summed E-state index contributed by atoms with van der Waals surface area (Å²) in [6.45, 7) is 10.1. The summed E-state index contributed by atoms with van der Waals surface area (Å²) in [6.07, 6.45) is 2.13. The van der Waals surface area contributed by atoms with Crippen LogP contribution in [0.15, 0.2) is 35.3 Å². The summed E-state index contributed by atoms with van der Waals surface area (Å²) >= 11 is 1.84. The Bertz CT molecular complexity index is 733. The molecule has 0 fully saturated rings. The van der Waals surface area contributed by atoms with E-state index in [1.165, 1.54) is 5.56 Å². The Kier molecular flexibility index (Phi) is 6.53. The Balaban J connectivity index is 2.09. The lowest BCUT2D eigenvalue weighted by Gasteiger charge is -2.24. The van der Waals surface area contributed by atoms with Gasteiger partial charge in [0.25, 0.3) is 0 Å². The second-order valence-electron chi connectivity index (χ2n) is 6.71. The number of para-hydroxylation sites is 1. The van der Waals surface area contributed by atoms with E-state index >= 15 is 0 Å². The molecule has 6 heteroatoms. The van der Waals surface area contributed by atoms with Crippen molar-refractivity contribution in [3.63, 3.8) is 0 Å². The summed E-state index contributed by atoms with van der Waals surface area (Å²) in [5.74, 6) is 0.810. The predicted octanol–water partition coefficient (Wildman–Crippen LogP) is 3.30. The first kappa shape index (κ1) is 19.4. The van der Waals surface area contributed by atoms with Gasteiger partial charge in [-0.05, 0) is 51.6 Å². The summed E-state index contributed by atoms with van der Waals surface area (Å²) in [7, 11) is 1.80. The molecule has 0 bridgehead atoms. The van der Waals surface area contributed by atoms with Gasteiger partial charge < -0.3 is 10.6 Å². The summed E-state index contributed by atoms with van der Waals surface area (Å²) in [5, 5.41) is 11.4. The summed E-state index contributed by atoms with van der Waals surface area (Å²) in [5.41, 5.74) is 4.44. The third-order valence-corrected chi connectivity index (χ3v) is 5.38. The molecule has 0 unspecified atom stereocenters. The number of hydrogen-bond donors (Lipinski definition) is 2. The molecule has 0 aliphatic carbocycles. The minimum absolute atomic E-state index is 0.166. The summed E-state index contributed by atoms with van der Waals surface area (Å²) in [4.78, 5) is 4.33. The molecule has 0 spiro atoms. The molecule has 0 aliphatic rings. The molecule has 2 N–H and O–H groups in total. The first-order chi connectivity index (χ1) is 11.9. The van der Waals surface area contributed by atoms with Gasteiger partial charge in [0, 0.05) is 30.6 Å². The zero-order valence-electron chi connectivity index (χ0n) is 16.1. The monoisotopic (exact) mass is 359 g/mol. The van der Waals surface area contributed by atoms with E-state index in [0.717, 1.165) is 29.6 Å². The number of rotatable bonds is 6. The van der Waals surface area contributed by atoms with E-state index in [9.17, 15) is 0 Å². The standard InChI is InChI=1S/C19H29N5S/c1-14-11-15(2)24(23-14)17-10-8-7-9-16(17)12-21-18(20-5)22-13-19(3,4)25-6/h7-11H,12-13H2,1-6H3,(H2,20,21,22). The minimum atomic E-state index is 0.166. The fourth-order valence-corrected chi connectivity index (χ4v) is 2.72. The molecule has 2 aromatic rings. The van der Waals surface area contributed by atoms with Gasteiger partial charge in [-0.25, -0.2) is 4.68 Å². The molecule has 136 valence electrons. The first-order valence-corrected chi connectivity index (χ1v) is 9.70. The predicted molar refractivity (Wildman–Crippen MR) is 109 cm³/mol. The average Bonchev–Trinajstić information content (AvgIpc) is 2.93. The highest BCUT2D eigenvalue weighted by Crippen LogP contribution is 2.19. The van der Waals surface area contributed by atoms with Gasteiger partial charge in [-0.3, -0.25) is 4.99 Å². The highest BCUT2D eigenvalue weighted by atomic mass is 32.2. The Morgan fingerprint density at radius 1 is 1.24 bits per heavy atom. The van der Waals surface area contributed by atoms with Crippen LogP contribution in [0.1, 0.15) is 30.8 Å². The zero-order valence-corrected chi connectivity index (χ0v) is 16.9. The van der Waals surface area contributed by atoms with Gasteiger partial charge >= 0.3 is 0 Å². The van der Waals surface area contributed by atoms with Crippen LogP contribution in [0.5, 0.6) is 0 Å². The fraction of sp³-hybridized carbons (Fsp3) is 0.474. The lowest BCUT2D eigenvalue weighted by molar-refractivity contribution is 0.664. The number of aromatic nitrogens is 2. The van der Waals surface area contributed by atoms with E-state index in [1.807, 2.05) is 29.4 Å². The molecule has 1 aromatic heterocycles. The van der Waals surface area contributed by atoms with Crippen molar-refractivity contribution in [1.29, 1.82) is 0 Å². The lowest BCUT2D eigenvalue weighted by atomic mass is 10.1. The number of nitrogens with one attached hydrogen (secondary N) is 2. The van der Waals surface area contributed by atoms with E-state index in [1.54, 1.807) is 7.05 Å². The Morgan fingerprint density at radius 3 is 2.56 bits per heavy atom. The number of guanidine groups is 1. The Labute approximate surface area is 155 Å². The van der Waals surface area contributed by atoms with Crippen molar-refractivity contribution in [3.8, 4) is 5.69 Å². The van der Waals surface area contributed by atoms with Crippen LogP contribution in [0.3, 0.4) is 0 Å². The highest BCUT2D eigenvalue weighted by Gasteiger charge is 2.16. The van der Waals surface area contributed by atoms with Gasteiger partial charge in [-0.15, -0.1) is 0 Å². The molecule has 1 aromatic carbocycles. The van der Waals surface area contributed by atoms with E-state index in [4.69, 9.17) is 0 Å². The third kappa shape index (κ3) is 5.26. The van der Waals surface area contributed by atoms with Gasteiger partial charge in [0.05, 0.1) is 11.4 Å². The molecule has 2 rings (SSSR count). The molecular weight excluding hydrogens is 330 g/mol. The second kappa shape index (κ2) is 8.43. The van der Waals surface area contributed by atoms with Gasteiger partial charge in [0.1, 0.15) is 0 Å². The van der Waals surface area contributed by atoms with E-state index in [0.29, 0.717) is 6.54 Å². The number of aryl methyl sites for hydroxylation is 2. The van der Waals surface area contributed by atoms with Gasteiger partial charge in [0.15, 0.2) is 5.96 Å². The molecule has 5 nitrogen and oxygen atoms in total. The lowest BCUT2D eigenvalue weighted by Crippen LogP contribution is -2.43. The molecule has 0 atom stereocenters. The van der Waals surface area contributed by atoms with Crippen LogP contribution < -0.4 is 10.6 Å². The van der Waals surface area contributed by atoms with Crippen molar-refractivity contribution >= 4 is 17.7 Å². The van der Waals surface area contributed by atoms with Crippen molar-refractivity contribution in [1.82, 2.24) is 20.4 Å². The van der Waals surface area contributed by atoms with Crippen molar-refractivity contribution in [2.24, 2.45) is 4.99 Å².